The van der Waals surface area contributed by atoms with Crippen molar-refractivity contribution in [1.82, 2.24) is 10.6 Å². The number of carbonyl (C=O) groups excluding carboxylic acids is 1. The van der Waals surface area contributed by atoms with E-state index in [1.165, 1.54) is 19.2 Å². The molecule has 0 heterocycles. The van der Waals surface area contributed by atoms with E-state index < -0.39 is 15.8 Å². The number of nitrogens with one attached hydrogen (secondary N) is 2. The van der Waals surface area contributed by atoms with Gasteiger partial charge in [0, 0.05) is 18.5 Å². The second-order valence-electron chi connectivity index (χ2n) is 5.56. The number of sulfone groups is 1. The fourth-order valence-electron chi connectivity index (χ4n) is 2.13. The van der Waals surface area contributed by atoms with Crippen molar-refractivity contribution in [2.24, 2.45) is 5.92 Å². The summed E-state index contributed by atoms with van der Waals surface area (Å²) in [4.78, 5) is 12.2. The Labute approximate surface area is 150 Å². The van der Waals surface area contributed by atoms with Gasteiger partial charge in [0.1, 0.15) is 5.75 Å². The largest absolute Gasteiger partial charge is 0.497 e. The molecular weight excluding hydrogens is 352 g/mol. The molecule has 1 aromatic carbocycles. The summed E-state index contributed by atoms with van der Waals surface area (Å²) in [5, 5.41) is 5.95. The monoisotopic (exact) mass is 378 g/mol. The third-order valence-corrected chi connectivity index (χ3v) is 5.40. The van der Waals surface area contributed by atoms with Gasteiger partial charge in [0.25, 0.3) is 0 Å². The summed E-state index contributed by atoms with van der Waals surface area (Å²) in [5.41, 5.74) is 0. The lowest BCUT2D eigenvalue weighted by Crippen LogP contribution is -2.41. The number of likely N-dealkylation sites (N-methyl/N-ethyl adjacent to an activating group) is 1. The van der Waals surface area contributed by atoms with Crippen LogP contribution in [0.2, 0.25) is 0 Å². The molecule has 0 spiro atoms. The number of amides is 1. The van der Waals surface area contributed by atoms with Gasteiger partial charge in [-0.1, -0.05) is 13.8 Å². The molecule has 2 N–H and O–H groups in total. The van der Waals surface area contributed by atoms with E-state index in [0.29, 0.717) is 12.3 Å². The summed E-state index contributed by atoms with van der Waals surface area (Å²) >= 11 is 0. The fourth-order valence-corrected chi connectivity index (χ4v) is 3.69. The minimum absolute atomic E-state index is 0. The highest BCUT2D eigenvalue weighted by Gasteiger charge is 2.23. The summed E-state index contributed by atoms with van der Waals surface area (Å²) in [6.07, 6.45) is 0. The minimum atomic E-state index is -3.51. The molecule has 6 nitrogen and oxygen atoms in total. The molecule has 0 saturated heterocycles. The molecule has 1 amide bonds. The van der Waals surface area contributed by atoms with Crippen molar-refractivity contribution >= 4 is 28.2 Å². The van der Waals surface area contributed by atoms with E-state index in [1.54, 1.807) is 19.1 Å². The number of methoxy groups -OCH3 is 1. The van der Waals surface area contributed by atoms with E-state index in [2.05, 4.69) is 10.6 Å². The predicted molar refractivity (Wildman–Crippen MR) is 97.6 cm³/mol. The van der Waals surface area contributed by atoms with E-state index in [0.717, 1.165) is 6.54 Å². The topological polar surface area (TPSA) is 84.5 Å². The van der Waals surface area contributed by atoms with Crippen molar-refractivity contribution in [2.75, 3.05) is 26.0 Å². The molecule has 0 bridgehead atoms. The predicted octanol–water partition coefficient (Wildman–Crippen LogP) is 1.64. The summed E-state index contributed by atoms with van der Waals surface area (Å²) in [5.74, 6) is -0.504. The van der Waals surface area contributed by atoms with Gasteiger partial charge < -0.3 is 15.4 Å². The quantitative estimate of drug-likeness (QED) is 0.682. The normalized spacial score (nSPS) is 13.5. The van der Waals surface area contributed by atoms with Crippen molar-refractivity contribution in [3.8, 4) is 5.75 Å². The molecule has 0 aliphatic carbocycles. The summed E-state index contributed by atoms with van der Waals surface area (Å²) in [6.45, 7) is 6.86. The van der Waals surface area contributed by atoms with Gasteiger partial charge >= 0.3 is 0 Å². The average Bonchev–Trinajstić information content (AvgIpc) is 2.52. The molecule has 2 atom stereocenters. The Morgan fingerprint density at radius 1 is 1.21 bits per heavy atom. The SMILES string of the molecule is CCN[C@H](C)CNC(=O)C(C)CS(=O)(=O)c1ccc(OC)cc1.Cl. The van der Waals surface area contributed by atoms with Crippen molar-refractivity contribution < 1.29 is 17.9 Å². The zero-order valence-electron chi connectivity index (χ0n) is 14.5. The van der Waals surface area contributed by atoms with Crippen molar-refractivity contribution in [3.05, 3.63) is 24.3 Å². The Balaban J connectivity index is 0.00000529. The van der Waals surface area contributed by atoms with Gasteiger partial charge in [-0.25, -0.2) is 8.42 Å². The maximum Gasteiger partial charge on any atom is 0.223 e. The van der Waals surface area contributed by atoms with Crippen LogP contribution < -0.4 is 15.4 Å². The van der Waals surface area contributed by atoms with Crippen LogP contribution in [0.25, 0.3) is 0 Å². The Kier molecular flexibility index (Phi) is 9.96. The molecule has 24 heavy (non-hydrogen) atoms. The van der Waals surface area contributed by atoms with E-state index in [9.17, 15) is 13.2 Å². The Morgan fingerprint density at radius 3 is 2.29 bits per heavy atom. The minimum Gasteiger partial charge on any atom is -0.497 e. The lowest BCUT2D eigenvalue weighted by molar-refractivity contribution is -0.123. The van der Waals surface area contributed by atoms with Crippen LogP contribution in [0.15, 0.2) is 29.2 Å². The summed E-state index contributed by atoms with van der Waals surface area (Å²) in [6, 6.07) is 6.32. The number of rotatable bonds is 9. The number of benzene rings is 1. The first-order valence-corrected chi connectivity index (χ1v) is 9.33. The maximum atomic E-state index is 12.4. The van der Waals surface area contributed by atoms with Crippen molar-refractivity contribution in [2.45, 2.75) is 31.7 Å². The number of halogens is 1. The lowest BCUT2D eigenvalue weighted by atomic mass is 10.2. The maximum absolute atomic E-state index is 12.4. The molecule has 0 fully saturated rings. The van der Waals surface area contributed by atoms with E-state index in [-0.39, 0.29) is 35.0 Å². The Hall–Kier alpha value is -1.31. The molecule has 8 heteroatoms. The zero-order chi connectivity index (χ0) is 17.5. The first kappa shape index (κ1) is 22.7. The average molecular weight is 379 g/mol. The zero-order valence-corrected chi connectivity index (χ0v) is 16.2. The number of hydrogen-bond donors (Lipinski definition) is 2. The van der Waals surface area contributed by atoms with E-state index in [4.69, 9.17) is 4.74 Å². The van der Waals surface area contributed by atoms with Crippen LogP contribution in [0, 0.1) is 5.92 Å². The van der Waals surface area contributed by atoms with Gasteiger partial charge in [-0.15, -0.1) is 12.4 Å². The van der Waals surface area contributed by atoms with Gasteiger partial charge in [-0.2, -0.15) is 0 Å². The van der Waals surface area contributed by atoms with Gasteiger partial charge in [0.05, 0.1) is 17.8 Å². The third kappa shape index (κ3) is 7.07. The molecule has 1 unspecified atom stereocenters. The van der Waals surface area contributed by atoms with Gasteiger partial charge in [-0.3, -0.25) is 4.79 Å². The summed E-state index contributed by atoms with van der Waals surface area (Å²) in [7, 11) is -1.99. The summed E-state index contributed by atoms with van der Waals surface area (Å²) < 4.78 is 29.7. The van der Waals surface area contributed by atoms with Crippen LogP contribution >= 0.6 is 12.4 Å². The van der Waals surface area contributed by atoms with Crippen LogP contribution in [-0.4, -0.2) is 46.3 Å². The second kappa shape index (κ2) is 10.5. The van der Waals surface area contributed by atoms with Crippen molar-refractivity contribution in [1.29, 1.82) is 0 Å². The standard InChI is InChI=1S/C16H26N2O4S.ClH/c1-5-17-13(3)10-18-16(19)12(2)11-23(20,21)15-8-6-14(22-4)7-9-15;/h6-9,12-13,17H,5,10-11H2,1-4H3,(H,18,19);1H/t12?,13-;/m1./s1. The highest BCUT2D eigenvalue weighted by molar-refractivity contribution is 7.91. The number of ether oxygens (including phenoxy) is 1. The van der Waals surface area contributed by atoms with Crippen LogP contribution in [0.4, 0.5) is 0 Å². The molecule has 0 radical (unpaired) electrons. The fraction of sp³-hybridized carbons (Fsp3) is 0.562. The number of hydrogen-bond acceptors (Lipinski definition) is 5. The Bertz CT molecular complexity index is 605. The first-order valence-electron chi connectivity index (χ1n) is 7.68. The molecule has 0 saturated carbocycles. The van der Waals surface area contributed by atoms with Gasteiger partial charge in [0.15, 0.2) is 9.84 Å². The molecule has 0 aromatic heterocycles. The number of carbonyl (C=O) groups is 1. The van der Waals surface area contributed by atoms with Crippen LogP contribution in [0.5, 0.6) is 5.75 Å². The molecule has 0 aliphatic heterocycles. The van der Waals surface area contributed by atoms with Gasteiger partial charge in [0.2, 0.25) is 5.91 Å². The smallest absolute Gasteiger partial charge is 0.223 e. The second-order valence-corrected chi connectivity index (χ2v) is 7.60. The Morgan fingerprint density at radius 2 is 1.79 bits per heavy atom. The molecule has 1 rings (SSSR count). The van der Waals surface area contributed by atoms with E-state index >= 15 is 0 Å². The van der Waals surface area contributed by atoms with Crippen molar-refractivity contribution in [3.63, 3.8) is 0 Å². The molecule has 1 aromatic rings. The van der Waals surface area contributed by atoms with Crippen LogP contribution in [0.1, 0.15) is 20.8 Å². The first-order chi connectivity index (χ1) is 10.8. The third-order valence-electron chi connectivity index (χ3n) is 3.47. The highest BCUT2D eigenvalue weighted by atomic mass is 35.5. The molecule has 0 aliphatic rings. The molecular formula is C16H27ClN2O4S. The van der Waals surface area contributed by atoms with E-state index in [1.807, 2.05) is 13.8 Å². The highest BCUT2D eigenvalue weighted by Crippen LogP contribution is 2.18. The lowest BCUT2D eigenvalue weighted by Gasteiger charge is -2.16. The van der Waals surface area contributed by atoms with Crippen LogP contribution in [0.3, 0.4) is 0 Å². The van der Waals surface area contributed by atoms with Gasteiger partial charge in [-0.05, 0) is 37.7 Å². The molecule has 138 valence electrons. The van der Waals surface area contributed by atoms with Crippen LogP contribution in [-0.2, 0) is 14.6 Å².